The molecule has 0 radical (unpaired) electrons. The molecule has 2 N–H and O–H groups in total. The number of para-hydroxylation sites is 1. The molecule has 2 amide bonds. The van der Waals surface area contributed by atoms with Crippen LogP contribution in [0.4, 0.5) is 5.69 Å². The van der Waals surface area contributed by atoms with E-state index in [1.54, 1.807) is 26.8 Å². The highest BCUT2D eigenvalue weighted by atomic mass is 16.6. The summed E-state index contributed by atoms with van der Waals surface area (Å²) in [6.45, 7) is 11.1. The molecule has 0 spiro atoms. The highest BCUT2D eigenvalue weighted by Crippen LogP contribution is 2.34. The summed E-state index contributed by atoms with van der Waals surface area (Å²) in [5.41, 5.74) is 1.57. The largest absolute Gasteiger partial charge is 0.460 e. The zero-order chi connectivity index (χ0) is 24.7. The second-order valence-corrected chi connectivity index (χ2v) is 9.72. The number of nitrogens with one attached hydrogen (secondary N) is 2. The van der Waals surface area contributed by atoms with Crippen molar-refractivity contribution in [2.45, 2.75) is 57.6 Å². The van der Waals surface area contributed by atoms with Crippen LogP contribution < -0.4 is 10.6 Å². The second-order valence-electron chi connectivity index (χ2n) is 9.72. The third-order valence-corrected chi connectivity index (χ3v) is 5.81. The van der Waals surface area contributed by atoms with Crippen molar-refractivity contribution in [1.29, 1.82) is 0 Å². The van der Waals surface area contributed by atoms with Gasteiger partial charge in [-0.05, 0) is 33.6 Å². The van der Waals surface area contributed by atoms with E-state index in [1.807, 2.05) is 12.1 Å². The van der Waals surface area contributed by atoms with Crippen LogP contribution >= 0.6 is 0 Å². The van der Waals surface area contributed by atoms with Crippen molar-refractivity contribution in [1.82, 2.24) is 10.6 Å². The van der Waals surface area contributed by atoms with Gasteiger partial charge in [0.2, 0.25) is 17.5 Å². The Morgan fingerprint density at radius 2 is 2.09 bits per heavy atom. The van der Waals surface area contributed by atoms with Gasteiger partial charge in [0.25, 0.3) is 0 Å². The monoisotopic (exact) mass is 470 g/mol. The van der Waals surface area contributed by atoms with Crippen molar-refractivity contribution in [3.05, 3.63) is 42.5 Å². The fourth-order valence-corrected chi connectivity index (χ4v) is 4.30. The maximum Gasteiger partial charge on any atom is 0.307 e. The number of nitrogens with zero attached hydrogens (tertiary/aromatic N) is 1. The first kappa shape index (κ1) is 25.6. The lowest BCUT2D eigenvalue weighted by Crippen LogP contribution is -2.50. The first-order chi connectivity index (χ1) is 16.2. The van der Waals surface area contributed by atoms with Gasteiger partial charge >= 0.3 is 5.97 Å². The van der Waals surface area contributed by atoms with Gasteiger partial charge < -0.3 is 20.1 Å². The highest BCUT2D eigenvalue weighted by molar-refractivity contribution is 5.90. The molecular formula is C26H36N3O5+. The molecule has 1 unspecified atom stereocenters. The molecule has 0 aromatic heterocycles. The minimum absolute atomic E-state index is 0.0320. The van der Waals surface area contributed by atoms with Gasteiger partial charge in [-0.15, -0.1) is 6.58 Å². The van der Waals surface area contributed by atoms with Crippen LogP contribution in [0.25, 0.3) is 0 Å². The Kier molecular flexibility index (Phi) is 8.61. The molecule has 1 aromatic carbocycles. The Morgan fingerprint density at radius 1 is 1.32 bits per heavy atom. The average molecular weight is 471 g/mol. The molecule has 8 heteroatoms. The lowest BCUT2D eigenvalue weighted by atomic mass is 9.92. The van der Waals surface area contributed by atoms with Gasteiger partial charge in [-0.3, -0.25) is 14.4 Å². The first-order valence-corrected chi connectivity index (χ1v) is 11.9. The molecule has 1 aromatic rings. The lowest BCUT2D eigenvalue weighted by Gasteiger charge is -2.24. The number of ether oxygens (including phenoxy) is 2. The van der Waals surface area contributed by atoms with Crippen LogP contribution in [0.15, 0.2) is 36.9 Å². The fourth-order valence-electron chi connectivity index (χ4n) is 4.30. The summed E-state index contributed by atoms with van der Waals surface area (Å²) in [6.07, 6.45) is 4.35. The number of benzene rings is 1. The second kappa shape index (κ2) is 11.4. The zero-order valence-electron chi connectivity index (χ0n) is 20.3. The Balaban J connectivity index is 1.78. The van der Waals surface area contributed by atoms with Crippen LogP contribution in [-0.4, -0.2) is 66.5 Å². The molecule has 0 saturated carbocycles. The van der Waals surface area contributed by atoms with E-state index in [-0.39, 0.29) is 24.2 Å². The van der Waals surface area contributed by atoms with Gasteiger partial charge in [0.1, 0.15) is 18.2 Å². The van der Waals surface area contributed by atoms with E-state index in [1.165, 1.54) is 0 Å². The number of amides is 2. The van der Waals surface area contributed by atoms with Crippen molar-refractivity contribution in [2.75, 3.05) is 26.3 Å². The first-order valence-electron chi connectivity index (χ1n) is 11.9. The van der Waals surface area contributed by atoms with Gasteiger partial charge in [-0.1, -0.05) is 24.3 Å². The summed E-state index contributed by atoms with van der Waals surface area (Å²) in [7, 11) is 0. The van der Waals surface area contributed by atoms with Gasteiger partial charge in [-0.2, -0.15) is 4.58 Å². The number of carbonyl (C=O) groups excluding carboxylic acids is 3. The molecule has 3 atom stereocenters. The van der Waals surface area contributed by atoms with Crippen molar-refractivity contribution in [2.24, 2.45) is 5.92 Å². The standard InChI is InChI=1S/C26H35N3O5/c1-5-8-18(16-23(30)34-26(2,3)4)24(31)28-21-15-19-17-29(22-10-7-6-9-20(19)22)12-14-33-13-11-27-25(21)32/h5-7,9-10,17-19,21H,1,8,11-16H2,2-4H3,(H-,27,28,31,32)/p+1/t18-,19?,21+/m1/s1. The Labute approximate surface area is 201 Å². The summed E-state index contributed by atoms with van der Waals surface area (Å²) in [5.74, 6) is -1.78. The number of hydrogen-bond donors (Lipinski definition) is 2. The van der Waals surface area contributed by atoms with E-state index in [9.17, 15) is 14.4 Å². The quantitative estimate of drug-likeness (QED) is 0.378. The number of hydrogen-bond acceptors (Lipinski definition) is 5. The number of rotatable bonds is 6. The molecule has 0 saturated heterocycles. The predicted octanol–water partition coefficient (Wildman–Crippen LogP) is 2.44. The molecule has 2 heterocycles. The van der Waals surface area contributed by atoms with E-state index in [0.29, 0.717) is 32.6 Å². The molecule has 3 rings (SSSR count). The van der Waals surface area contributed by atoms with Crippen LogP contribution in [-0.2, 0) is 23.9 Å². The third-order valence-electron chi connectivity index (χ3n) is 5.81. The lowest BCUT2D eigenvalue weighted by molar-refractivity contribution is -0.437. The molecule has 8 nitrogen and oxygen atoms in total. The van der Waals surface area contributed by atoms with Gasteiger partial charge in [-0.25, -0.2) is 0 Å². The number of allylic oxidation sites excluding steroid dienone is 1. The summed E-state index contributed by atoms with van der Waals surface area (Å²) in [4.78, 5) is 38.6. The van der Waals surface area contributed by atoms with Crippen LogP contribution in [0.1, 0.15) is 51.5 Å². The summed E-state index contributed by atoms with van der Waals surface area (Å²) >= 11 is 0. The minimum Gasteiger partial charge on any atom is -0.460 e. The van der Waals surface area contributed by atoms with Crippen LogP contribution in [0.5, 0.6) is 0 Å². The molecule has 2 aliphatic heterocycles. The van der Waals surface area contributed by atoms with Crippen molar-refractivity contribution in [3.8, 4) is 0 Å². The Bertz CT molecular complexity index is 950. The number of fused-ring (bicyclic) bond motifs is 4. The maximum atomic E-state index is 13.2. The zero-order valence-corrected chi connectivity index (χ0v) is 20.3. The molecule has 0 aliphatic carbocycles. The average Bonchev–Trinajstić information content (AvgIpc) is 3.11. The van der Waals surface area contributed by atoms with E-state index in [2.05, 4.69) is 40.1 Å². The van der Waals surface area contributed by atoms with Crippen LogP contribution in [0.3, 0.4) is 0 Å². The van der Waals surface area contributed by atoms with Crippen molar-refractivity contribution in [3.63, 3.8) is 0 Å². The Morgan fingerprint density at radius 3 is 2.82 bits per heavy atom. The number of carbonyl (C=O) groups is 3. The van der Waals surface area contributed by atoms with Gasteiger partial charge in [0.05, 0.1) is 24.9 Å². The van der Waals surface area contributed by atoms with E-state index in [4.69, 9.17) is 9.47 Å². The van der Waals surface area contributed by atoms with Crippen molar-refractivity contribution < 1.29 is 28.4 Å². The topological polar surface area (TPSA) is 96.7 Å². The minimum atomic E-state index is -0.757. The van der Waals surface area contributed by atoms with Gasteiger partial charge in [0.15, 0.2) is 12.8 Å². The van der Waals surface area contributed by atoms with E-state index < -0.39 is 23.5 Å². The molecule has 0 fully saturated rings. The SMILES string of the molecule is C=CC[C@H](CC(=O)OC(C)(C)C)C(=O)N[C@H]1CC2C=[N+](CCOCCNC1=O)c1ccccc12. The number of esters is 1. The predicted molar refractivity (Wildman–Crippen MR) is 129 cm³/mol. The highest BCUT2D eigenvalue weighted by Gasteiger charge is 2.36. The van der Waals surface area contributed by atoms with Crippen LogP contribution in [0.2, 0.25) is 0 Å². The van der Waals surface area contributed by atoms with Gasteiger partial charge in [0, 0.05) is 18.2 Å². The van der Waals surface area contributed by atoms with E-state index >= 15 is 0 Å². The summed E-state index contributed by atoms with van der Waals surface area (Å²) < 4.78 is 13.2. The summed E-state index contributed by atoms with van der Waals surface area (Å²) in [6, 6.07) is 7.32. The van der Waals surface area contributed by atoms with Crippen LogP contribution in [0, 0.1) is 5.92 Å². The maximum absolute atomic E-state index is 13.2. The normalized spacial score (nSPS) is 21.6. The molecule has 2 bridgehead atoms. The Hall–Kier alpha value is -3.00. The molecular weight excluding hydrogens is 434 g/mol. The fraction of sp³-hybridized carbons (Fsp3) is 0.538. The molecule has 2 aliphatic rings. The molecule has 34 heavy (non-hydrogen) atoms. The third kappa shape index (κ3) is 7.00. The molecule has 184 valence electrons. The summed E-state index contributed by atoms with van der Waals surface area (Å²) in [5, 5.41) is 5.76. The van der Waals surface area contributed by atoms with E-state index in [0.717, 1.165) is 17.8 Å². The smallest absolute Gasteiger partial charge is 0.307 e. The van der Waals surface area contributed by atoms with Crippen molar-refractivity contribution >= 4 is 29.7 Å².